The van der Waals surface area contributed by atoms with Crippen LogP contribution < -0.4 is 10.6 Å². The normalized spacial score (nSPS) is 15.2. The van der Waals surface area contributed by atoms with Gasteiger partial charge in [0.05, 0.1) is 17.8 Å². The van der Waals surface area contributed by atoms with Crippen LogP contribution in [0.2, 0.25) is 0 Å². The van der Waals surface area contributed by atoms with Crippen LogP contribution in [0.4, 0.5) is 18.9 Å². The van der Waals surface area contributed by atoms with Crippen molar-refractivity contribution in [1.29, 1.82) is 0 Å². The fourth-order valence-corrected chi connectivity index (χ4v) is 4.60. The van der Waals surface area contributed by atoms with Gasteiger partial charge < -0.3 is 24.6 Å². The van der Waals surface area contributed by atoms with E-state index in [1.165, 1.54) is 0 Å². The third-order valence-electron chi connectivity index (χ3n) is 6.49. The number of likely N-dealkylation sites (tertiary alicyclic amines) is 1. The van der Waals surface area contributed by atoms with Crippen LogP contribution >= 0.6 is 0 Å². The van der Waals surface area contributed by atoms with E-state index in [4.69, 9.17) is 4.52 Å². The minimum Gasteiger partial charge on any atom is -0.382 e. The highest BCUT2D eigenvalue weighted by Crippen LogP contribution is 2.34. The number of hydrogen-bond donors (Lipinski definition) is 2. The number of halogens is 3. The van der Waals surface area contributed by atoms with Gasteiger partial charge in [0.2, 0.25) is 11.7 Å². The van der Waals surface area contributed by atoms with Gasteiger partial charge in [0.15, 0.2) is 0 Å². The van der Waals surface area contributed by atoms with Crippen molar-refractivity contribution in [2.45, 2.75) is 38.1 Å². The lowest BCUT2D eigenvalue weighted by Crippen LogP contribution is -2.36. The number of rotatable bonds is 7. The van der Waals surface area contributed by atoms with Gasteiger partial charge in [0.1, 0.15) is 6.54 Å². The molecule has 0 aliphatic carbocycles. The standard InChI is InChI=1S/C26H27F3N6O2/c1-34-12-10-18(11-13-34)31-20-8-5-9-21-19(20)14-22(35(21)16-26(27,28)29)24-32-23(37-33-24)15-30-25(36)17-6-3-2-4-7-17/h2-9,14,18,31H,10-13,15-16H2,1H3,(H,30,36). The fraction of sp³-hybridized carbons (Fsp3) is 0.346. The molecular weight excluding hydrogens is 485 g/mol. The topological polar surface area (TPSA) is 88.2 Å². The van der Waals surface area contributed by atoms with E-state index in [0.29, 0.717) is 16.5 Å². The molecule has 1 aliphatic rings. The second-order valence-corrected chi connectivity index (χ2v) is 9.25. The Kier molecular flexibility index (Phi) is 6.88. The number of nitrogens with one attached hydrogen (secondary N) is 2. The van der Waals surface area contributed by atoms with E-state index in [9.17, 15) is 18.0 Å². The van der Waals surface area contributed by atoms with Crippen LogP contribution in [0.25, 0.3) is 22.4 Å². The van der Waals surface area contributed by atoms with Crippen LogP contribution in [0, 0.1) is 0 Å². The van der Waals surface area contributed by atoms with Crippen molar-refractivity contribution in [3.05, 3.63) is 66.1 Å². The van der Waals surface area contributed by atoms with Crippen molar-refractivity contribution in [2.75, 3.05) is 25.5 Å². The van der Waals surface area contributed by atoms with E-state index < -0.39 is 12.7 Å². The number of nitrogens with zero attached hydrogens (tertiary/aromatic N) is 4. The summed E-state index contributed by atoms with van der Waals surface area (Å²) < 4.78 is 47.1. The molecule has 2 aromatic heterocycles. The van der Waals surface area contributed by atoms with Crippen LogP contribution in [0.1, 0.15) is 29.1 Å². The van der Waals surface area contributed by atoms with Gasteiger partial charge in [-0.3, -0.25) is 4.79 Å². The van der Waals surface area contributed by atoms with Crippen molar-refractivity contribution in [3.63, 3.8) is 0 Å². The third kappa shape index (κ3) is 5.77. The minimum absolute atomic E-state index is 0.0228. The Balaban J connectivity index is 1.42. The first kappa shape index (κ1) is 24.8. The van der Waals surface area contributed by atoms with E-state index >= 15 is 0 Å². The van der Waals surface area contributed by atoms with E-state index in [1.54, 1.807) is 48.5 Å². The number of carbonyl (C=O) groups is 1. The Morgan fingerprint density at radius 3 is 2.59 bits per heavy atom. The molecule has 3 heterocycles. The fourth-order valence-electron chi connectivity index (χ4n) is 4.60. The maximum absolute atomic E-state index is 13.6. The first-order valence-electron chi connectivity index (χ1n) is 12.1. The van der Waals surface area contributed by atoms with E-state index in [-0.39, 0.29) is 35.9 Å². The second-order valence-electron chi connectivity index (χ2n) is 9.25. The molecule has 0 saturated carbocycles. The van der Waals surface area contributed by atoms with Crippen molar-refractivity contribution in [2.24, 2.45) is 0 Å². The van der Waals surface area contributed by atoms with Gasteiger partial charge in [0, 0.05) is 22.7 Å². The molecule has 0 spiro atoms. The van der Waals surface area contributed by atoms with E-state index in [0.717, 1.165) is 36.2 Å². The average Bonchev–Trinajstić information content (AvgIpc) is 3.49. The van der Waals surface area contributed by atoms with Crippen molar-refractivity contribution in [1.82, 2.24) is 24.9 Å². The predicted molar refractivity (Wildman–Crippen MR) is 133 cm³/mol. The summed E-state index contributed by atoms with van der Waals surface area (Å²) >= 11 is 0. The lowest BCUT2D eigenvalue weighted by Gasteiger charge is -2.30. The van der Waals surface area contributed by atoms with Gasteiger partial charge in [-0.25, -0.2) is 0 Å². The summed E-state index contributed by atoms with van der Waals surface area (Å²) in [4.78, 5) is 18.8. The molecule has 2 aromatic carbocycles. The first-order chi connectivity index (χ1) is 17.8. The molecule has 1 aliphatic heterocycles. The molecule has 1 amide bonds. The molecule has 37 heavy (non-hydrogen) atoms. The maximum Gasteiger partial charge on any atom is 0.406 e. The number of carbonyl (C=O) groups excluding carboxylic acids is 1. The number of alkyl halides is 3. The molecule has 2 N–H and O–H groups in total. The van der Waals surface area contributed by atoms with Crippen LogP contribution in [-0.4, -0.2) is 57.9 Å². The molecule has 5 rings (SSSR count). The summed E-state index contributed by atoms with van der Waals surface area (Å²) in [5, 5.41) is 10.8. The SMILES string of the molecule is CN1CCC(Nc2cccc3c2cc(-c2noc(CNC(=O)c4ccccc4)n2)n3CC(F)(F)F)CC1. The summed E-state index contributed by atoms with van der Waals surface area (Å²) in [5.41, 5.74) is 1.86. The molecule has 1 fully saturated rings. The lowest BCUT2D eigenvalue weighted by molar-refractivity contribution is -0.139. The van der Waals surface area contributed by atoms with Crippen LogP contribution in [0.15, 0.2) is 59.1 Å². The van der Waals surface area contributed by atoms with Crippen molar-refractivity contribution < 1.29 is 22.5 Å². The lowest BCUT2D eigenvalue weighted by atomic mass is 10.0. The Morgan fingerprint density at radius 2 is 1.86 bits per heavy atom. The molecule has 11 heteroatoms. The van der Waals surface area contributed by atoms with E-state index in [2.05, 4.69) is 32.7 Å². The summed E-state index contributed by atoms with van der Waals surface area (Å²) in [5.74, 6) is -0.210. The van der Waals surface area contributed by atoms with Gasteiger partial charge in [0.25, 0.3) is 5.91 Å². The number of aromatic nitrogens is 3. The largest absolute Gasteiger partial charge is 0.406 e. The second kappa shape index (κ2) is 10.3. The van der Waals surface area contributed by atoms with E-state index in [1.807, 2.05) is 6.07 Å². The Bertz CT molecular complexity index is 1370. The Labute approximate surface area is 211 Å². The monoisotopic (exact) mass is 512 g/mol. The molecule has 1 saturated heterocycles. The smallest absolute Gasteiger partial charge is 0.382 e. The minimum atomic E-state index is -4.45. The Hall–Kier alpha value is -3.86. The van der Waals surface area contributed by atoms with Gasteiger partial charge in [-0.05, 0) is 63.3 Å². The molecule has 0 radical (unpaired) electrons. The molecule has 0 atom stereocenters. The van der Waals surface area contributed by atoms with Gasteiger partial charge in [-0.15, -0.1) is 0 Å². The highest BCUT2D eigenvalue weighted by atomic mass is 19.4. The Morgan fingerprint density at radius 1 is 1.11 bits per heavy atom. The van der Waals surface area contributed by atoms with Crippen LogP contribution in [-0.2, 0) is 13.1 Å². The number of fused-ring (bicyclic) bond motifs is 1. The summed E-state index contributed by atoms with van der Waals surface area (Å²) in [6.45, 7) is 0.669. The first-order valence-corrected chi connectivity index (χ1v) is 12.1. The molecule has 194 valence electrons. The number of benzene rings is 2. The molecule has 0 bridgehead atoms. The summed E-state index contributed by atoms with van der Waals surface area (Å²) in [7, 11) is 2.08. The summed E-state index contributed by atoms with van der Waals surface area (Å²) in [6.07, 6.45) is -2.55. The zero-order valence-corrected chi connectivity index (χ0v) is 20.3. The molecular formula is C26H27F3N6O2. The number of hydrogen-bond acceptors (Lipinski definition) is 6. The number of amides is 1. The third-order valence-corrected chi connectivity index (χ3v) is 6.49. The van der Waals surface area contributed by atoms with Crippen LogP contribution in [0.3, 0.4) is 0 Å². The van der Waals surface area contributed by atoms with Gasteiger partial charge in [-0.1, -0.05) is 29.4 Å². The predicted octanol–water partition coefficient (Wildman–Crippen LogP) is 4.69. The van der Waals surface area contributed by atoms with Crippen molar-refractivity contribution >= 4 is 22.5 Å². The zero-order chi connectivity index (χ0) is 26.0. The van der Waals surface area contributed by atoms with Gasteiger partial charge >= 0.3 is 6.18 Å². The summed E-state index contributed by atoms with van der Waals surface area (Å²) in [6, 6.07) is 15.8. The average molecular weight is 513 g/mol. The number of anilines is 1. The number of piperidine rings is 1. The highest BCUT2D eigenvalue weighted by molar-refractivity contribution is 5.96. The van der Waals surface area contributed by atoms with Gasteiger partial charge in [-0.2, -0.15) is 18.2 Å². The highest BCUT2D eigenvalue weighted by Gasteiger charge is 2.31. The zero-order valence-electron chi connectivity index (χ0n) is 20.3. The molecule has 4 aromatic rings. The molecule has 8 nitrogen and oxygen atoms in total. The van der Waals surface area contributed by atoms with Crippen molar-refractivity contribution in [3.8, 4) is 11.5 Å². The quantitative estimate of drug-likeness (QED) is 0.374. The molecule has 0 unspecified atom stereocenters. The van der Waals surface area contributed by atoms with Crippen LogP contribution in [0.5, 0.6) is 0 Å². The maximum atomic E-state index is 13.6.